The number of amides is 1. The van der Waals surface area contributed by atoms with Gasteiger partial charge in [0.15, 0.2) is 0 Å². The van der Waals surface area contributed by atoms with Gasteiger partial charge in [-0.1, -0.05) is 12.1 Å². The SMILES string of the molecule is COCCN1CCC(CNC(=O)[C@@H]2C[C@H]2c2ccc(F)cc2)CC1. The highest BCUT2D eigenvalue weighted by Crippen LogP contribution is 2.47. The van der Waals surface area contributed by atoms with Gasteiger partial charge in [-0.15, -0.1) is 0 Å². The average molecular weight is 334 g/mol. The molecule has 1 saturated heterocycles. The standard InChI is InChI=1S/C19H27FN2O2/c1-24-11-10-22-8-6-14(7-9-22)13-21-19(23)18-12-17(18)15-2-4-16(20)5-3-15/h2-5,14,17-18H,6-13H2,1H3,(H,21,23)/t17-,18+/m0/s1. The van der Waals surface area contributed by atoms with E-state index in [4.69, 9.17) is 4.74 Å². The Morgan fingerprint density at radius 1 is 1.29 bits per heavy atom. The molecule has 1 amide bonds. The molecule has 5 heteroatoms. The summed E-state index contributed by atoms with van der Waals surface area (Å²) < 4.78 is 18.1. The molecule has 1 heterocycles. The van der Waals surface area contributed by atoms with Gasteiger partial charge in [0.2, 0.25) is 5.91 Å². The summed E-state index contributed by atoms with van der Waals surface area (Å²) in [4.78, 5) is 14.7. The number of carbonyl (C=O) groups is 1. The van der Waals surface area contributed by atoms with E-state index in [2.05, 4.69) is 10.2 Å². The van der Waals surface area contributed by atoms with E-state index >= 15 is 0 Å². The highest BCUT2D eigenvalue weighted by molar-refractivity contribution is 5.82. The van der Waals surface area contributed by atoms with Gasteiger partial charge in [0.1, 0.15) is 5.82 Å². The number of nitrogens with zero attached hydrogens (tertiary/aromatic N) is 1. The van der Waals surface area contributed by atoms with E-state index < -0.39 is 0 Å². The minimum atomic E-state index is -0.225. The van der Waals surface area contributed by atoms with Crippen molar-refractivity contribution in [3.63, 3.8) is 0 Å². The van der Waals surface area contributed by atoms with Gasteiger partial charge in [-0.2, -0.15) is 0 Å². The lowest BCUT2D eigenvalue weighted by molar-refractivity contribution is -0.122. The minimum absolute atomic E-state index is 0.0669. The number of carbonyl (C=O) groups excluding carboxylic acids is 1. The van der Waals surface area contributed by atoms with Gasteiger partial charge in [0.25, 0.3) is 0 Å². The fourth-order valence-electron chi connectivity index (χ4n) is 3.57. The Labute approximate surface area is 143 Å². The highest BCUT2D eigenvalue weighted by Gasteiger charge is 2.43. The van der Waals surface area contributed by atoms with Crippen LogP contribution in [0.5, 0.6) is 0 Å². The minimum Gasteiger partial charge on any atom is -0.383 e. The van der Waals surface area contributed by atoms with Gasteiger partial charge in [-0.25, -0.2) is 4.39 Å². The number of ether oxygens (including phenoxy) is 1. The number of piperidine rings is 1. The predicted octanol–water partition coefficient (Wildman–Crippen LogP) is 2.40. The maximum atomic E-state index is 13.0. The third-order valence-electron chi connectivity index (χ3n) is 5.31. The van der Waals surface area contributed by atoms with Gasteiger partial charge in [0.05, 0.1) is 6.61 Å². The van der Waals surface area contributed by atoms with E-state index in [0.29, 0.717) is 5.92 Å². The highest BCUT2D eigenvalue weighted by atomic mass is 19.1. The van der Waals surface area contributed by atoms with Gasteiger partial charge >= 0.3 is 0 Å². The molecular weight excluding hydrogens is 307 g/mol. The maximum Gasteiger partial charge on any atom is 0.223 e. The monoisotopic (exact) mass is 334 g/mol. The van der Waals surface area contributed by atoms with Crippen LogP contribution < -0.4 is 5.32 Å². The molecule has 4 nitrogen and oxygen atoms in total. The number of hydrogen-bond acceptors (Lipinski definition) is 3. The van der Waals surface area contributed by atoms with E-state index in [1.54, 1.807) is 19.2 Å². The van der Waals surface area contributed by atoms with Crippen LogP contribution in [0.25, 0.3) is 0 Å². The third kappa shape index (κ3) is 4.54. The number of halogens is 1. The molecule has 0 radical (unpaired) electrons. The first-order chi connectivity index (χ1) is 11.7. The summed E-state index contributed by atoms with van der Waals surface area (Å²) in [6, 6.07) is 6.53. The fourth-order valence-corrected chi connectivity index (χ4v) is 3.57. The Kier molecular flexibility index (Phi) is 5.85. The second-order valence-electron chi connectivity index (χ2n) is 7.02. The first-order valence-corrected chi connectivity index (χ1v) is 8.92. The van der Waals surface area contributed by atoms with Gasteiger partial charge in [-0.3, -0.25) is 4.79 Å². The van der Waals surface area contributed by atoms with E-state index in [1.807, 2.05) is 0 Å². The van der Waals surface area contributed by atoms with Crippen molar-refractivity contribution in [2.75, 3.05) is 39.9 Å². The van der Waals surface area contributed by atoms with Crippen LogP contribution in [0.1, 0.15) is 30.7 Å². The molecule has 0 spiro atoms. The molecule has 0 bridgehead atoms. The first kappa shape index (κ1) is 17.4. The Balaban J connectivity index is 1.36. The summed E-state index contributed by atoms with van der Waals surface area (Å²) in [6.45, 7) is 4.74. The Bertz CT molecular complexity index is 541. The molecule has 1 saturated carbocycles. The topological polar surface area (TPSA) is 41.6 Å². The van der Waals surface area contributed by atoms with Gasteiger partial charge in [0, 0.05) is 26.1 Å². The number of methoxy groups -OCH3 is 1. The lowest BCUT2D eigenvalue weighted by Gasteiger charge is -2.31. The first-order valence-electron chi connectivity index (χ1n) is 8.92. The molecule has 1 aromatic carbocycles. The summed E-state index contributed by atoms with van der Waals surface area (Å²) in [7, 11) is 1.74. The number of nitrogens with one attached hydrogen (secondary N) is 1. The van der Waals surface area contributed by atoms with Crippen LogP contribution in [0.3, 0.4) is 0 Å². The number of hydrogen-bond donors (Lipinski definition) is 1. The molecule has 132 valence electrons. The molecule has 0 aromatic heterocycles. The molecule has 1 aliphatic heterocycles. The van der Waals surface area contributed by atoms with Crippen molar-refractivity contribution in [1.82, 2.24) is 10.2 Å². The molecule has 1 aromatic rings. The van der Waals surface area contributed by atoms with E-state index in [1.165, 1.54) is 12.1 Å². The predicted molar refractivity (Wildman–Crippen MR) is 91.3 cm³/mol. The Hall–Kier alpha value is -1.46. The lowest BCUT2D eigenvalue weighted by atomic mass is 9.96. The van der Waals surface area contributed by atoms with Gasteiger partial charge < -0.3 is 15.0 Å². The average Bonchev–Trinajstić information content (AvgIpc) is 3.40. The van der Waals surface area contributed by atoms with Crippen LogP contribution in [-0.2, 0) is 9.53 Å². The summed E-state index contributed by atoms with van der Waals surface area (Å²) in [5.41, 5.74) is 1.07. The van der Waals surface area contributed by atoms with Crippen LogP contribution >= 0.6 is 0 Å². The van der Waals surface area contributed by atoms with Crippen molar-refractivity contribution in [2.45, 2.75) is 25.2 Å². The molecule has 1 aliphatic carbocycles. The lowest BCUT2D eigenvalue weighted by Crippen LogP contribution is -2.40. The zero-order chi connectivity index (χ0) is 16.9. The molecule has 24 heavy (non-hydrogen) atoms. The molecule has 0 unspecified atom stereocenters. The molecular formula is C19H27FN2O2. The van der Waals surface area contributed by atoms with Crippen molar-refractivity contribution < 1.29 is 13.9 Å². The number of likely N-dealkylation sites (tertiary alicyclic amines) is 1. The van der Waals surface area contributed by atoms with Crippen LogP contribution in [0.2, 0.25) is 0 Å². The number of rotatable bonds is 7. The summed E-state index contributed by atoms with van der Waals surface area (Å²) >= 11 is 0. The molecule has 1 N–H and O–H groups in total. The van der Waals surface area contributed by atoms with Crippen LogP contribution in [-0.4, -0.2) is 50.7 Å². The summed E-state index contributed by atoms with van der Waals surface area (Å²) in [5, 5.41) is 3.13. The van der Waals surface area contributed by atoms with Crippen molar-refractivity contribution >= 4 is 5.91 Å². The van der Waals surface area contributed by atoms with E-state index in [9.17, 15) is 9.18 Å². The zero-order valence-corrected chi connectivity index (χ0v) is 14.3. The fraction of sp³-hybridized carbons (Fsp3) is 0.632. The van der Waals surface area contributed by atoms with E-state index in [-0.39, 0.29) is 23.6 Å². The quantitative estimate of drug-likeness (QED) is 0.832. The van der Waals surface area contributed by atoms with Crippen LogP contribution in [0, 0.1) is 17.7 Å². The zero-order valence-electron chi connectivity index (χ0n) is 14.3. The maximum absolute atomic E-state index is 13.0. The smallest absolute Gasteiger partial charge is 0.223 e. The third-order valence-corrected chi connectivity index (χ3v) is 5.31. The van der Waals surface area contributed by atoms with Crippen LogP contribution in [0.4, 0.5) is 4.39 Å². The second kappa shape index (κ2) is 8.08. The Morgan fingerprint density at radius 3 is 2.67 bits per heavy atom. The van der Waals surface area contributed by atoms with Crippen molar-refractivity contribution in [3.8, 4) is 0 Å². The largest absolute Gasteiger partial charge is 0.383 e. The van der Waals surface area contributed by atoms with Gasteiger partial charge in [-0.05, 0) is 61.9 Å². The van der Waals surface area contributed by atoms with Crippen LogP contribution in [0.15, 0.2) is 24.3 Å². The van der Waals surface area contributed by atoms with E-state index in [0.717, 1.165) is 57.6 Å². The van der Waals surface area contributed by atoms with Crippen molar-refractivity contribution in [3.05, 3.63) is 35.6 Å². The summed E-state index contributed by atoms with van der Waals surface area (Å²) in [5.74, 6) is 0.845. The van der Waals surface area contributed by atoms with Crippen molar-refractivity contribution in [2.24, 2.45) is 11.8 Å². The molecule has 2 aliphatic rings. The molecule has 2 atom stereocenters. The molecule has 3 rings (SSSR count). The normalized spacial score (nSPS) is 24.8. The Morgan fingerprint density at radius 2 is 2.00 bits per heavy atom. The van der Waals surface area contributed by atoms with Crippen molar-refractivity contribution in [1.29, 1.82) is 0 Å². The summed E-state index contributed by atoms with van der Waals surface area (Å²) in [6.07, 6.45) is 3.15. The molecule has 2 fully saturated rings. The number of benzene rings is 1. The second-order valence-corrected chi connectivity index (χ2v) is 7.02.